The first-order valence-corrected chi connectivity index (χ1v) is 9.80. The molecule has 0 aliphatic rings. The molecule has 0 fully saturated rings. The van der Waals surface area contributed by atoms with Gasteiger partial charge < -0.3 is 25.7 Å². The zero-order chi connectivity index (χ0) is 22.2. The van der Waals surface area contributed by atoms with Gasteiger partial charge in [-0.2, -0.15) is 0 Å². The lowest BCUT2D eigenvalue weighted by atomic mass is 10.0. The summed E-state index contributed by atoms with van der Waals surface area (Å²) in [7, 11) is 0. The lowest BCUT2D eigenvalue weighted by molar-refractivity contribution is -0.118. The molecule has 160 valence electrons. The molecule has 0 aliphatic carbocycles. The highest BCUT2D eigenvalue weighted by Crippen LogP contribution is 2.17. The third kappa shape index (κ3) is 6.20. The molecule has 0 spiro atoms. The van der Waals surface area contributed by atoms with Crippen molar-refractivity contribution in [3.63, 3.8) is 0 Å². The highest BCUT2D eigenvalue weighted by Gasteiger charge is 2.25. The minimum atomic E-state index is -0.768. The van der Waals surface area contributed by atoms with Gasteiger partial charge in [0.15, 0.2) is 5.76 Å². The van der Waals surface area contributed by atoms with Crippen LogP contribution in [-0.4, -0.2) is 23.9 Å². The number of carbonyl (C=O) groups excluding carboxylic acids is 3. The van der Waals surface area contributed by atoms with Crippen molar-refractivity contribution >= 4 is 34.9 Å². The predicted molar refractivity (Wildman–Crippen MR) is 119 cm³/mol. The molecule has 0 bridgehead atoms. The second-order valence-corrected chi connectivity index (χ2v) is 7.19. The smallest absolute Gasteiger partial charge is 0.323 e. The maximum Gasteiger partial charge on any atom is 0.323 e. The Bertz CT molecular complexity index is 1030. The Hall–Kier alpha value is -4.07. The number of amides is 4. The highest BCUT2D eigenvalue weighted by atomic mass is 16.3. The minimum absolute atomic E-state index is 0.133. The Morgan fingerprint density at radius 2 is 1.42 bits per heavy atom. The number of anilines is 3. The molecule has 0 saturated heterocycles. The van der Waals surface area contributed by atoms with Gasteiger partial charge in [0.2, 0.25) is 5.91 Å². The number of carbonyl (C=O) groups is 3. The van der Waals surface area contributed by atoms with Crippen LogP contribution in [-0.2, 0) is 4.79 Å². The molecule has 1 atom stereocenters. The summed E-state index contributed by atoms with van der Waals surface area (Å²) in [5, 5.41) is 10.9. The van der Waals surface area contributed by atoms with E-state index in [4.69, 9.17) is 4.42 Å². The molecule has 0 radical (unpaired) electrons. The van der Waals surface area contributed by atoms with Gasteiger partial charge in [0.05, 0.1) is 6.26 Å². The van der Waals surface area contributed by atoms with Crippen molar-refractivity contribution in [2.45, 2.75) is 19.9 Å². The van der Waals surface area contributed by atoms with Crippen LogP contribution in [0, 0.1) is 5.92 Å². The molecule has 1 heterocycles. The van der Waals surface area contributed by atoms with Crippen molar-refractivity contribution < 1.29 is 18.8 Å². The van der Waals surface area contributed by atoms with Crippen molar-refractivity contribution in [1.82, 2.24) is 5.32 Å². The standard InChI is InChI=1S/C23H24N4O4/c1-15(2)20(27-21(28)19-12-7-13-31-19)22(29)24-17-10-6-11-18(14-17)26-23(30)25-16-8-4-3-5-9-16/h3-15,20H,1-2H3,(H,24,29)(H,27,28)(H2,25,26,30). The Morgan fingerprint density at radius 3 is 2.06 bits per heavy atom. The molecule has 4 N–H and O–H groups in total. The number of nitrogens with one attached hydrogen (secondary N) is 4. The van der Waals surface area contributed by atoms with Crippen LogP contribution in [0.5, 0.6) is 0 Å². The summed E-state index contributed by atoms with van der Waals surface area (Å²) in [5.41, 5.74) is 1.66. The third-order valence-electron chi connectivity index (χ3n) is 4.40. The van der Waals surface area contributed by atoms with E-state index in [0.29, 0.717) is 17.1 Å². The molecule has 3 aromatic rings. The first-order valence-electron chi connectivity index (χ1n) is 9.80. The van der Waals surface area contributed by atoms with Gasteiger partial charge in [-0.05, 0) is 48.4 Å². The van der Waals surface area contributed by atoms with Gasteiger partial charge in [0.1, 0.15) is 6.04 Å². The van der Waals surface area contributed by atoms with Crippen LogP contribution in [0.15, 0.2) is 77.4 Å². The zero-order valence-electron chi connectivity index (χ0n) is 17.2. The van der Waals surface area contributed by atoms with Gasteiger partial charge in [0.25, 0.3) is 5.91 Å². The molecule has 8 heteroatoms. The van der Waals surface area contributed by atoms with E-state index in [0.717, 1.165) is 0 Å². The number of benzene rings is 2. The van der Waals surface area contributed by atoms with Crippen LogP contribution in [0.3, 0.4) is 0 Å². The molecular formula is C23H24N4O4. The van der Waals surface area contributed by atoms with Crippen molar-refractivity contribution in [2.75, 3.05) is 16.0 Å². The summed E-state index contributed by atoms with van der Waals surface area (Å²) < 4.78 is 5.08. The molecule has 3 rings (SSSR count). The molecule has 2 aromatic carbocycles. The van der Waals surface area contributed by atoms with Gasteiger partial charge in [-0.15, -0.1) is 0 Å². The van der Waals surface area contributed by atoms with Gasteiger partial charge in [-0.1, -0.05) is 38.1 Å². The van der Waals surface area contributed by atoms with Crippen molar-refractivity contribution in [3.8, 4) is 0 Å². The monoisotopic (exact) mass is 420 g/mol. The van der Waals surface area contributed by atoms with E-state index in [1.54, 1.807) is 42.5 Å². The average Bonchev–Trinajstić information content (AvgIpc) is 3.27. The van der Waals surface area contributed by atoms with Gasteiger partial charge in [0, 0.05) is 17.1 Å². The topological polar surface area (TPSA) is 112 Å². The summed E-state index contributed by atoms with van der Waals surface area (Å²) in [6, 6.07) is 17.8. The van der Waals surface area contributed by atoms with Crippen LogP contribution in [0.4, 0.5) is 21.9 Å². The quantitative estimate of drug-likeness (QED) is 0.456. The van der Waals surface area contributed by atoms with E-state index in [-0.39, 0.29) is 17.6 Å². The molecule has 1 aromatic heterocycles. The molecule has 0 saturated carbocycles. The molecule has 1 unspecified atom stereocenters. The molecule has 0 aliphatic heterocycles. The molecule has 4 amide bonds. The van der Waals surface area contributed by atoms with Crippen LogP contribution in [0.2, 0.25) is 0 Å². The van der Waals surface area contributed by atoms with E-state index in [2.05, 4.69) is 21.3 Å². The summed E-state index contributed by atoms with van der Waals surface area (Å²) >= 11 is 0. The number of urea groups is 1. The largest absolute Gasteiger partial charge is 0.459 e. The van der Waals surface area contributed by atoms with Crippen molar-refractivity contribution in [1.29, 1.82) is 0 Å². The highest BCUT2D eigenvalue weighted by molar-refractivity contribution is 6.02. The summed E-state index contributed by atoms with van der Waals surface area (Å²) in [5.74, 6) is -0.862. The van der Waals surface area contributed by atoms with E-state index in [1.807, 2.05) is 32.0 Å². The second kappa shape index (κ2) is 10.1. The number of furan rings is 1. The SMILES string of the molecule is CC(C)C(NC(=O)c1ccco1)C(=O)Nc1cccc(NC(=O)Nc2ccccc2)c1. The first kappa shape index (κ1) is 21.6. The van der Waals surface area contributed by atoms with E-state index in [9.17, 15) is 14.4 Å². The first-order chi connectivity index (χ1) is 14.9. The van der Waals surface area contributed by atoms with Crippen molar-refractivity contribution in [2.24, 2.45) is 5.92 Å². The van der Waals surface area contributed by atoms with Crippen molar-refractivity contribution in [3.05, 3.63) is 78.8 Å². The van der Waals surface area contributed by atoms with E-state index < -0.39 is 18.0 Å². The number of hydrogen-bond donors (Lipinski definition) is 4. The average molecular weight is 420 g/mol. The molecule has 8 nitrogen and oxygen atoms in total. The minimum Gasteiger partial charge on any atom is -0.459 e. The van der Waals surface area contributed by atoms with Gasteiger partial charge in [-0.25, -0.2) is 4.79 Å². The zero-order valence-corrected chi connectivity index (χ0v) is 17.2. The summed E-state index contributed by atoms with van der Waals surface area (Å²) in [6.45, 7) is 3.66. The third-order valence-corrected chi connectivity index (χ3v) is 4.40. The lowest BCUT2D eigenvalue weighted by Crippen LogP contribution is -2.47. The van der Waals surface area contributed by atoms with Crippen LogP contribution in [0.1, 0.15) is 24.4 Å². The normalized spacial score (nSPS) is 11.5. The Labute approximate surface area is 180 Å². The second-order valence-electron chi connectivity index (χ2n) is 7.19. The number of hydrogen-bond acceptors (Lipinski definition) is 4. The fourth-order valence-electron chi connectivity index (χ4n) is 2.86. The molecule has 31 heavy (non-hydrogen) atoms. The predicted octanol–water partition coefficient (Wildman–Crippen LogP) is 4.32. The van der Waals surface area contributed by atoms with Crippen LogP contribution in [0.25, 0.3) is 0 Å². The van der Waals surface area contributed by atoms with Gasteiger partial charge >= 0.3 is 6.03 Å². The van der Waals surface area contributed by atoms with Crippen LogP contribution < -0.4 is 21.3 Å². The maximum absolute atomic E-state index is 12.8. The Kier molecular flexibility index (Phi) is 7.05. The fourth-order valence-corrected chi connectivity index (χ4v) is 2.86. The van der Waals surface area contributed by atoms with E-state index >= 15 is 0 Å². The number of para-hydroxylation sites is 1. The number of rotatable bonds is 7. The summed E-state index contributed by atoms with van der Waals surface area (Å²) in [6.07, 6.45) is 1.39. The summed E-state index contributed by atoms with van der Waals surface area (Å²) in [4.78, 5) is 37.2. The lowest BCUT2D eigenvalue weighted by Gasteiger charge is -2.21. The van der Waals surface area contributed by atoms with Gasteiger partial charge in [-0.3, -0.25) is 9.59 Å². The van der Waals surface area contributed by atoms with E-state index in [1.165, 1.54) is 12.3 Å². The Balaban J connectivity index is 1.62. The van der Waals surface area contributed by atoms with Crippen LogP contribution >= 0.6 is 0 Å². The molecular weight excluding hydrogens is 396 g/mol. The maximum atomic E-state index is 12.8. The fraction of sp³-hybridized carbons (Fsp3) is 0.174. The Morgan fingerprint density at radius 1 is 0.774 bits per heavy atom.